The molecule has 0 saturated heterocycles. The number of hydrogen-bond acceptors (Lipinski definition) is 1. The maximum atomic E-state index is 13.0. The van der Waals surface area contributed by atoms with Crippen molar-refractivity contribution in [3.8, 4) is 0 Å². The van der Waals surface area contributed by atoms with Gasteiger partial charge in [0, 0.05) is 9.35 Å². The van der Waals surface area contributed by atoms with Crippen LogP contribution < -0.4 is 5.32 Å². The van der Waals surface area contributed by atoms with Crippen LogP contribution in [0.1, 0.15) is 38.5 Å². The van der Waals surface area contributed by atoms with E-state index in [2.05, 4.69) is 21.2 Å². The van der Waals surface area contributed by atoms with Gasteiger partial charge in [-0.25, -0.2) is 0 Å². The summed E-state index contributed by atoms with van der Waals surface area (Å²) >= 11 is 16.2. The number of carbonyl (C=O) groups excluding carboxylic acids is 1. The lowest BCUT2D eigenvalue weighted by molar-refractivity contribution is -0.138. The average molecular weight is 403 g/mol. The van der Waals surface area contributed by atoms with Crippen molar-refractivity contribution >= 4 is 50.7 Å². The lowest BCUT2D eigenvalue weighted by Crippen LogP contribution is -2.57. The van der Waals surface area contributed by atoms with Crippen molar-refractivity contribution in [2.75, 3.05) is 5.32 Å². The zero-order valence-corrected chi connectivity index (χ0v) is 15.3. The SMILES string of the molecule is O=C(Nc1cc(Cl)ccc1Cl)C12CC3CC(CC(Br)(C3)C1)C2. The number of nitrogens with one attached hydrogen (secondary N) is 1. The highest BCUT2D eigenvalue weighted by molar-refractivity contribution is 9.10. The van der Waals surface area contributed by atoms with Gasteiger partial charge in [-0.15, -0.1) is 0 Å². The Bertz CT molecular complexity index is 634. The highest BCUT2D eigenvalue weighted by Gasteiger charge is 2.59. The van der Waals surface area contributed by atoms with E-state index in [1.807, 2.05) is 0 Å². The Labute approximate surface area is 149 Å². The summed E-state index contributed by atoms with van der Waals surface area (Å²) in [5.41, 5.74) is 0.387. The summed E-state index contributed by atoms with van der Waals surface area (Å²) in [4.78, 5) is 13.0. The second-order valence-electron chi connectivity index (χ2n) is 7.47. The fraction of sp³-hybridized carbons (Fsp3) is 0.588. The first-order valence-corrected chi connectivity index (χ1v) is 9.38. The first kappa shape index (κ1) is 15.3. The molecule has 22 heavy (non-hydrogen) atoms. The zero-order chi connectivity index (χ0) is 15.5. The molecule has 0 aromatic heterocycles. The van der Waals surface area contributed by atoms with E-state index in [9.17, 15) is 4.79 Å². The summed E-state index contributed by atoms with van der Waals surface area (Å²) in [5, 5.41) is 4.17. The molecule has 0 heterocycles. The van der Waals surface area contributed by atoms with Gasteiger partial charge in [-0.3, -0.25) is 4.79 Å². The predicted octanol–water partition coefficient (Wildman–Crippen LogP) is 5.67. The molecule has 5 rings (SSSR count). The van der Waals surface area contributed by atoms with Crippen LogP contribution in [0.3, 0.4) is 0 Å². The van der Waals surface area contributed by atoms with Crippen LogP contribution in [0.15, 0.2) is 18.2 Å². The molecule has 4 bridgehead atoms. The maximum absolute atomic E-state index is 13.0. The van der Waals surface area contributed by atoms with E-state index < -0.39 is 0 Å². The number of carbonyl (C=O) groups is 1. The van der Waals surface area contributed by atoms with Crippen LogP contribution in [0, 0.1) is 17.3 Å². The van der Waals surface area contributed by atoms with Crippen LogP contribution >= 0.6 is 39.1 Å². The highest BCUT2D eigenvalue weighted by Crippen LogP contribution is 2.64. The minimum Gasteiger partial charge on any atom is -0.324 e. The second kappa shape index (κ2) is 5.12. The van der Waals surface area contributed by atoms with Crippen molar-refractivity contribution in [1.29, 1.82) is 0 Å². The first-order valence-electron chi connectivity index (χ1n) is 7.83. The van der Waals surface area contributed by atoms with Gasteiger partial charge in [0.05, 0.1) is 16.1 Å². The zero-order valence-electron chi connectivity index (χ0n) is 12.2. The van der Waals surface area contributed by atoms with Gasteiger partial charge >= 0.3 is 0 Å². The Hall–Kier alpha value is -0.250. The second-order valence-corrected chi connectivity index (χ2v) is 10.00. The summed E-state index contributed by atoms with van der Waals surface area (Å²) < 4.78 is 0.173. The predicted molar refractivity (Wildman–Crippen MR) is 93.9 cm³/mol. The van der Waals surface area contributed by atoms with Gasteiger partial charge in [-0.2, -0.15) is 0 Å². The number of halogens is 3. The van der Waals surface area contributed by atoms with Crippen LogP contribution in [-0.2, 0) is 4.79 Å². The molecule has 1 N–H and O–H groups in total. The molecule has 4 fully saturated rings. The van der Waals surface area contributed by atoms with Crippen molar-refractivity contribution in [3.63, 3.8) is 0 Å². The van der Waals surface area contributed by atoms with Gasteiger partial charge in [-0.05, 0) is 68.6 Å². The number of alkyl halides is 1. The highest BCUT2D eigenvalue weighted by atomic mass is 79.9. The molecule has 118 valence electrons. The molecule has 5 heteroatoms. The van der Waals surface area contributed by atoms with E-state index in [-0.39, 0.29) is 15.6 Å². The van der Waals surface area contributed by atoms with Crippen molar-refractivity contribution in [3.05, 3.63) is 28.2 Å². The van der Waals surface area contributed by atoms with E-state index in [1.165, 1.54) is 19.3 Å². The Morgan fingerprint density at radius 2 is 1.86 bits per heavy atom. The van der Waals surface area contributed by atoms with Gasteiger partial charge < -0.3 is 5.32 Å². The van der Waals surface area contributed by atoms with E-state index in [4.69, 9.17) is 23.2 Å². The summed E-state index contributed by atoms with van der Waals surface area (Å²) in [6.45, 7) is 0. The van der Waals surface area contributed by atoms with Crippen molar-refractivity contribution in [2.24, 2.45) is 17.3 Å². The standard InChI is InChI=1S/C17H18BrCl2NO/c18-17-7-10-3-11(8-17)6-16(5-10,9-17)15(22)21-14-4-12(19)1-2-13(14)20/h1-2,4,10-11H,3,5-9H2,(H,21,22). The maximum Gasteiger partial charge on any atom is 0.230 e. The minimum atomic E-state index is -0.237. The Balaban J connectivity index is 1.61. The fourth-order valence-corrected chi connectivity index (χ4v) is 7.05. The number of rotatable bonds is 2. The van der Waals surface area contributed by atoms with Crippen molar-refractivity contribution in [1.82, 2.24) is 0 Å². The average Bonchev–Trinajstić information content (AvgIpc) is 2.40. The number of benzene rings is 1. The molecule has 4 aliphatic carbocycles. The molecule has 0 aliphatic heterocycles. The quantitative estimate of drug-likeness (QED) is 0.634. The van der Waals surface area contributed by atoms with Gasteiger partial charge in [0.15, 0.2) is 0 Å². The topological polar surface area (TPSA) is 29.1 Å². The lowest BCUT2D eigenvalue weighted by Gasteiger charge is -2.59. The van der Waals surface area contributed by atoms with Crippen LogP contribution in [0.25, 0.3) is 0 Å². The molecule has 2 nitrogen and oxygen atoms in total. The summed E-state index contributed by atoms with van der Waals surface area (Å²) in [6.07, 6.45) is 6.70. The molecule has 0 spiro atoms. The molecule has 4 saturated carbocycles. The Kier molecular flexibility index (Phi) is 3.56. The van der Waals surface area contributed by atoms with Gasteiger partial charge in [-0.1, -0.05) is 39.1 Å². The number of anilines is 1. The van der Waals surface area contributed by atoms with E-state index in [0.717, 1.165) is 19.3 Å². The molecule has 1 aromatic rings. The van der Waals surface area contributed by atoms with Crippen LogP contribution in [0.5, 0.6) is 0 Å². The van der Waals surface area contributed by atoms with Crippen molar-refractivity contribution in [2.45, 2.75) is 42.8 Å². The smallest absolute Gasteiger partial charge is 0.230 e. The Morgan fingerprint density at radius 3 is 2.50 bits per heavy atom. The third-order valence-electron chi connectivity index (χ3n) is 5.65. The normalized spacial score (nSPS) is 39.0. The number of amides is 1. The van der Waals surface area contributed by atoms with E-state index in [1.54, 1.807) is 18.2 Å². The fourth-order valence-electron chi connectivity index (χ4n) is 5.26. The molecule has 0 radical (unpaired) electrons. The summed E-state index contributed by atoms with van der Waals surface area (Å²) in [6, 6.07) is 5.19. The Morgan fingerprint density at radius 1 is 1.18 bits per heavy atom. The van der Waals surface area contributed by atoms with Crippen LogP contribution in [-0.4, -0.2) is 10.2 Å². The first-order chi connectivity index (χ1) is 10.4. The van der Waals surface area contributed by atoms with Gasteiger partial charge in [0.25, 0.3) is 0 Å². The molecular weight excluding hydrogens is 385 g/mol. The van der Waals surface area contributed by atoms with E-state index >= 15 is 0 Å². The lowest BCUT2D eigenvalue weighted by atomic mass is 9.49. The van der Waals surface area contributed by atoms with Crippen molar-refractivity contribution < 1.29 is 4.79 Å². The molecule has 2 unspecified atom stereocenters. The monoisotopic (exact) mass is 401 g/mol. The van der Waals surface area contributed by atoms with Gasteiger partial charge in [0.1, 0.15) is 0 Å². The van der Waals surface area contributed by atoms with E-state index in [0.29, 0.717) is 27.6 Å². The molecule has 1 amide bonds. The molecule has 2 atom stereocenters. The van der Waals surface area contributed by atoms with Gasteiger partial charge in [0.2, 0.25) is 5.91 Å². The molecule has 4 aliphatic rings. The van der Waals surface area contributed by atoms with Crippen LogP contribution in [0.4, 0.5) is 5.69 Å². The third kappa shape index (κ3) is 2.50. The molecular formula is C17H18BrCl2NO. The minimum absolute atomic E-state index is 0.120. The summed E-state index contributed by atoms with van der Waals surface area (Å²) in [5.74, 6) is 1.48. The van der Waals surface area contributed by atoms with Crippen LogP contribution in [0.2, 0.25) is 10.0 Å². The number of hydrogen-bond donors (Lipinski definition) is 1. The largest absolute Gasteiger partial charge is 0.324 e. The third-order valence-corrected chi connectivity index (χ3v) is 7.14. The molecule has 1 aromatic carbocycles. The summed E-state index contributed by atoms with van der Waals surface area (Å²) in [7, 11) is 0.